The van der Waals surface area contributed by atoms with E-state index in [2.05, 4.69) is 4.90 Å². The van der Waals surface area contributed by atoms with E-state index in [-0.39, 0.29) is 6.04 Å². The first-order valence-corrected chi connectivity index (χ1v) is 6.26. The van der Waals surface area contributed by atoms with Crippen molar-refractivity contribution in [3.63, 3.8) is 0 Å². The highest BCUT2D eigenvalue weighted by Gasteiger charge is 2.50. The van der Waals surface area contributed by atoms with Crippen LogP contribution < -0.4 is 0 Å². The maximum atomic E-state index is 11.1. The number of carboxylic acid groups (broad SMARTS) is 1. The molecule has 0 spiro atoms. The lowest BCUT2D eigenvalue weighted by atomic mass is 9.93. The van der Waals surface area contributed by atoms with Crippen LogP contribution in [0.4, 0.5) is 0 Å². The third kappa shape index (κ3) is 1.57. The van der Waals surface area contributed by atoms with Gasteiger partial charge in [0, 0.05) is 6.04 Å². The molecule has 4 unspecified atom stereocenters. The molecule has 2 saturated carbocycles. The maximum Gasteiger partial charge on any atom is 0.320 e. The molecule has 3 heteroatoms. The molecule has 3 nitrogen and oxygen atoms in total. The average Bonchev–Trinajstić information content (AvgIpc) is 2.84. The fourth-order valence-corrected chi connectivity index (χ4v) is 3.74. The summed E-state index contributed by atoms with van der Waals surface area (Å²) in [5.74, 6) is 1.19. The van der Waals surface area contributed by atoms with Gasteiger partial charge in [0.1, 0.15) is 6.04 Å². The van der Waals surface area contributed by atoms with E-state index in [4.69, 9.17) is 0 Å². The molecule has 0 aromatic heterocycles. The smallest absolute Gasteiger partial charge is 0.320 e. The van der Waals surface area contributed by atoms with E-state index in [1.807, 2.05) is 0 Å². The van der Waals surface area contributed by atoms with Crippen LogP contribution in [0.25, 0.3) is 0 Å². The van der Waals surface area contributed by atoms with Crippen LogP contribution in [-0.2, 0) is 4.79 Å². The van der Waals surface area contributed by atoms with E-state index < -0.39 is 5.97 Å². The van der Waals surface area contributed by atoms with Crippen molar-refractivity contribution in [3.05, 3.63) is 0 Å². The lowest BCUT2D eigenvalue weighted by Gasteiger charge is -2.33. The summed E-state index contributed by atoms with van der Waals surface area (Å²) in [6.45, 7) is 1.02. The van der Waals surface area contributed by atoms with Gasteiger partial charge in [0.05, 0.1) is 0 Å². The first kappa shape index (κ1) is 9.64. The normalized spacial score (nSPS) is 45.1. The van der Waals surface area contributed by atoms with Crippen molar-refractivity contribution >= 4 is 5.97 Å². The van der Waals surface area contributed by atoms with Crippen molar-refractivity contribution < 1.29 is 9.90 Å². The van der Waals surface area contributed by atoms with Gasteiger partial charge in [0.15, 0.2) is 0 Å². The van der Waals surface area contributed by atoms with Crippen LogP contribution >= 0.6 is 0 Å². The summed E-state index contributed by atoms with van der Waals surface area (Å²) in [4.78, 5) is 13.4. The van der Waals surface area contributed by atoms with E-state index in [1.54, 1.807) is 0 Å². The van der Waals surface area contributed by atoms with E-state index in [0.717, 1.165) is 31.2 Å². The van der Waals surface area contributed by atoms with E-state index in [0.29, 0.717) is 6.04 Å². The minimum absolute atomic E-state index is 0.172. The molecule has 2 aliphatic carbocycles. The fourth-order valence-electron chi connectivity index (χ4n) is 3.74. The van der Waals surface area contributed by atoms with Crippen LogP contribution in [-0.4, -0.2) is 34.6 Å². The zero-order valence-corrected chi connectivity index (χ0v) is 9.06. The molecule has 0 aromatic carbocycles. The molecule has 3 rings (SSSR count). The van der Waals surface area contributed by atoms with E-state index in [1.165, 1.54) is 25.7 Å². The fraction of sp³-hybridized carbons (Fsp3) is 0.917. The van der Waals surface area contributed by atoms with Gasteiger partial charge in [0.25, 0.3) is 0 Å². The summed E-state index contributed by atoms with van der Waals surface area (Å²) in [6.07, 6.45) is 7.26. The number of rotatable bonds is 2. The van der Waals surface area contributed by atoms with Gasteiger partial charge < -0.3 is 5.11 Å². The second-order valence-electron chi connectivity index (χ2n) is 5.39. The molecule has 1 aliphatic heterocycles. The molecule has 3 aliphatic rings. The van der Waals surface area contributed by atoms with Gasteiger partial charge in [-0.25, -0.2) is 0 Å². The number of fused-ring (bicyclic) bond motifs is 1. The summed E-state index contributed by atoms with van der Waals surface area (Å²) in [5.41, 5.74) is 0. The minimum atomic E-state index is -0.602. The Balaban J connectivity index is 1.72. The monoisotopic (exact) mass is 209 g/mol. The molecule has 15 heavy (non-hydrogen) atoms. The summed E-state index contributed by atoms with van der Waals surface area (Å²) in [6, 6.07) is 0.432. The molecule has 0 amide bonds. The van der Waals surface area contributed by atoms with Crippen molar-refractivity contribution in [1.82, 2.24) is 4.90 Å². The maximum absolute atomic E-state index is 11.1. The largest absolute Gasteiger partial charge is 0.480 e. The second kappa shape index (κ2) is 3.48. The lowest BCUT2D eigenvalue weighted by molar-refractivity contribution is -0.143. The van der Waals surface area contributed by atoms with Crippen molar-refractivity contribution in [2.75, 3.05) is 6.54 Å². The molecule has 1 N–H and O–H groups in total. The van der Waals surface area contributed by atoms with E-state index in [9.17, 15) is 9.90 Å². The van der Waals surface area contributed by atoms with Gasteiger partial charge in [-0.2, -0.15) is 0 Å². The van der Waals surface area contributed by atoms with Crippen molar-refractivity contribution in [2.45, 2.75) is 50.6 Å². The molecule has 3 fully saturated rings. The first-order valence-electron chi connectivity index (χ1n) is 6.26. The van der Waals surface area contributed by atoms with Crippen LogP contribution in [0, 0.1) is 11.8 Å². The number of carbonyl (C=O) groups is 1. The number of hydrogen-bond acceptors (Lipinski definition) is 2. The number of hydrogen-bond donors (Lipinski definition) is 1. The Kier molecular flexibility index (Phi) is 2.23. The summed E-state index contributed by atoms with van der Waals surface area (Å²) < 4.78 is 0. The number of aliphatic carboxylic acids is 1. The SMILES string of the molecule is O=C(O)C1CCCN1C1CCCC2CC21. The zero-order valence-electron chi connectivity index (χ0n) is 9.06. The predicted molar refractivity (Wildman–Crippen MR) is 56.6 cm³/mol. The van der Waals surface area contributed by atoms with Crippen LogP contribution in [0.1, 0.15) is 38.5 Å². The standard InChI is InChI=1S/C12H19NO2/c14-12(15)11-5-2-6-13(11)10-4-1-3-8-7-9(8)10/h8-11H,1-7H2,(H,14,15). The van der Waals surface area contributed by atoms with Crippen LogP contribution in [0.3, 0.4) is 0 Å². The Morgan fingerprint density at radius 3 is 2.87 bits per heavy atom. The van der Waals surface area contributed by atoms with Gasteiger partial charge in [0.2, 0.25) is 0 Å². The Morgan fingerprint density at radius 1 is 1.20 bits per heavy atom. The molecule has 84 valence electrons. The zero-order chi connectivity index (χ0) is 10.4. The number of carboxylic acids is 1. The molecule has 1 saturated heterocycles. The molecule has 0 aromatic rings. The van der Waals surface area contributed by atoms with Gasteiger partial charge in [-0.05, 0) is 44.1 Å². The quantitative estimate of drug-likeness (QED) is 0.753. The average molecular weight is 209 g/mol. The first-order chi connectivity index (χ1) is 7.27. The summed E-state index contributed by atoms with van der Waals surface area (Å²) >= 11 is 0. The topological polar surface area (TPSA) is 40.5 Å². The third-order valence-corrected chi connectivity index (χ3v) is 4.55. The molecular weight excluding hydrogens is 190 g/mol. The van der Waals surface area contributed by atoms with Gasteiger partial charge in [-0.3, -0.25) is 9.69 Å². The van der Waals surface area contributed by atoms with E-state index >= 15 is 0 Å². The number of nitrogens with zero attached hydrogens (tertiary/aromatic N) is 1. The summed E-state index contributed by atoms with van der Waals surface area (Å²) in [7, 11) is 0. The second-order valence-corrected chi connectivity index (χ2v) is 5.39. The lowest BCUT2D eigenvalue weighted by Crippen LogP contribution is -2.45. The summed E-state index contributed by atoms with van der Waals surface area (Å²) in [5, 5.41) is 9.17. The highest BCUT2D eigenvalue weighted by Crippen LogP contribution is 2.52. The van der Waals surface area contributed by atoms with Gasteiger partial charge >= 0.3 is 5.97 Å². The molecule has 0 radical (unpaired) electrons. The van der Waals surface area contributed by atoms with Gasteiger partial charge in [-0.1, -0.05) is 12.8 Å². The molecule has 1 heterocycles. The third-order valence-electron chi connectivity index (χ3n) is 4.55. The number of likely N-dealkylation sites (tertiary alicyclic amines) is 1. The Morgan fingerprint density at radius 2 is 2.07 bits per heavy atom. The predicted octanol–water partition coefficient (Wildman–Crippen LogP) is 1.72. The van der Waals surface area contributed by atoms with Gasteiger partial charge in [-0.15, -0.1) is 0 Å². The minimum Gasteiger partial charge on any atom is -0.480 e. The highest BCUT2D eigenvalue weighted by molar-refractivity contribution is 5.73. The molecule has 4 atom stereocenters. The van der Waals surface area contributed by atoms with Crippen LogP contribution in [0.2, 0.25) is 0 Å². The van der Waals surface area contributed by atoms with Crippen LogP contribution in [0.5, 0.6) is 0 Å². The van der Waals surface area contributed by atoms with Crippen molar-refractivity contribution in [1.29, 1.82) is 0 Å². The van der Waals surface area contributed by atoms with Crippen molar-refractivity contribution in [3.8, 4) is 0 Å². The van der Waals surface area contributed by atoms with Crippen LogP contribution in [0.15, 0.2) is 0 Å². The molecular formula is C12H19NO2. The Hall–Kier alpha value is -0.570. The Bertz CT molecular complexity index is 279. The Labute approximate surface area is 90.5 Å². The van der Waals surface area contributed by atoms with Crippen molar-refractivity contribution in [2.24, 2.45) is 11.8 Å². The molecule has 0 bridgehead atoms. The highest BCUT2D eigenvalue weighted by atomic mass is 16.4.